The fourth-order valence-corrected chi connectivity index (χ4v) is 4.72. The average Bonchev–Trinajstić information content (AvgIpc) is 3.07. The van der Waals surface area contributed by atoms with Crippen LogP contribution in [0.1, 0.15) is 28.0 Å². The molecule has 0 saturated carbocycles. The zero-order valence-electron chi connectivity index (χ0n) is 18.2. The third-order valence-electron chi connectivity index (χ3n) is 5.31. The van der Waals surface area contributed by atoms with E-state index < -0.39 is 0 Å². The van der Waals surface area contributed by atoms with Gasteiger partial charge in [-0.05, 0) is 44.9 Å². The highest BCUT2D eigenvalue weighted by atomic mass is 32.1. The van der Waals surface area contributed by atoms with Crippen molar-refractivity contribution in [2.24, 2.45) is 0 Å². The van der Waals surface area contributed by atoms with Gasteiger partial charge in [0, 0.05) is 29.1 Å². The quantitative estimate of drug-likeness (QED) is 0.392. The van der Waals surface area contributed by atoms with Gasteiger partial charge in [0.2, 0.25) is 5.91 Å². The molecule has 2 aromatic heterocycles. The minimum Gasteiger partial charge on any atom is -0.369 e. The molecule has 158 valence electrons. The molecule has 0 bridgehead atoms. The number of anilines is 2. The topological polar surface area (TPSA) is 66.9 Å². The van der Waals surface area contributed by atoms with Gasteiger partial charge in [-0.2, -0.15) is 0 Å². The smallest absolute Gasteiger partial charge is 0.226 e. The summed E-state index contributed by atoms with van der Waals surface area (Å²) in [5.41, 5.74) is 6.64. The lowest BCUT2D eigenvalue weighted by atomic mass is 10.0. The molecule has 0 radical (unpaired) electrons. The van der Waals surface area contributed by atoms with E-state index in [1.807, 2.05) is 26.0 Å². The number of rotatable bonds is 6. The Bertz CT molecular complexity index is 1240. The summed E-state index contributed by atoms with van der Waals surface area (Å²) >= 11 is 1.67. The summed E-state index contributed by atoms with van der Waals surface area (Å²) in [7, 11) is 0. The first-order valence-electron chi connectivity index (χ1n) is 10.3. The highest BCUT2D eigenvalue weighted by molar-refractivity contribution is 7.19. The van der Waals surface area contributed by atoms with Crippen molar-refractivity contribution in [2.75, 3.05) is 17.2 Å². The van der Waals surface area contributed by atoms with Crippen molar-refractivity contribution in [1.29, 1.82) is 0 Å². The number of carbonyl (C=O) groups is 1. The lowest BCUT2D eigenvalue weighted by molar-refractivity contribution is -0.115. The molecular weight excluding hydrogens is 404 g/mol. The van der Waals surface area contributed by atoms with Gasteiger partial charge in [-0.25, -0.2) is 9.97 Å². The van der Waals surface area contributed by atoms with Crippen molar-refractivity contribution in [3.63, 3.8) is 0 Å². The van der Waals surface area contributed by atoms with E-state index in [1.165, 1.54) is 16.0 Å². The molecule has 0 fully saturated rings. The Morgan fingerprint density at radius 2 is 1.71 bits per heavy atom. The first-order chi connectivity index (χ1) is 14.9. The predicted molar refractivity (Wildman–Crippen MR) is 130 cm³/mol. The Labute approximate surface area is 186 Å². The molecule has 4 aromatic rings. The summed E-state index contributed by atoms with van der Waals surface area (Å²) < 4.78 is 0. The van der Waals surface area contributed by atoms with Gasteiger partial charge in [-0.1, -0.05) is 47.5 Å². The maximum atomic E-state index is 12.4. The Balaban J connectivity index is 1.51. The van der Waals surface area contributed by atoms with Crippen molar-refractivity contribution in [1.82, 2.24) is 9.97 Å². The SMILES string of the molecule is Cc1ccc(-c2c(C)sc3ncnc(NCCC(=O)Nc4ccc(C)cc4C)c23)cc1. The van der Waals surface area contributed by atoms with E-state index in [0.29, 0.717) is 13.0 Å². The minimum absolute atomic E-state index is 0.0231. The zero-order chi connectivity index (χ0) is 22.0. The standard InChI is InChI=1S/C25H26N4OS/c1-15-5-8-19(9-6-15)22-18(4)31-25-23(22)24(27-14-28-25)26-12-11-21(30)29-20-10-7-16(2)13-17(20)3/h5-10,13-14H,11-12H2,1-4H3,(H,29,30)(H,26,27,28). The van der Waals surface area contributed by atoms with E-state index in [4.69, 9.17) is 0 Å². The lowest BCUT2D eigenvalue weighted by Crippen LogP contribution is -2.17. The van der Waals surface area contributed by atoms with Gasteiger partial charge in [-0.15, -0.1) is 11.3 Å². The van der Waals surface area contributed by atoms with Gasteiger partial charge >= 0.3 is 0 Å². The van der Waals surface area contributed by atoms with Gasteiger partial charge < -0.3 is 10.6 Å². The lowest BCUT2D eigenvalue weighted by Gasteiger charge is -2.11. The number of nitrogens with zero attached hydrogens (tertiary/aromatic N) is 2. The molecule has 2 N–H and O–H groups in total. The first kappa shape index (κ1) is 21.0. The van der Waals surface area contributed by atoms with Crippen molar-refractivity contribution in [3.05, 3.63) is 70.4 Å². The van der Waals surface area contributed by atoms with Crippen LogP contribution in [0, 0.1) is 27.7 Å². The highest BCUT2D eigenvalue weighted by Crippen LogP contribution is 2.40. The number of hydrogen-bond acceptors (Lipinski definition) is 5. The van der Waals surface area contributed by atoms with Crippen LogP contribution in [0.4, 0.5) is 11.5 Å². The molecule has 31 heavy (non-hydrogen) atoms. The molecule has 0 atom stereocenters. The third kappa shape index (κ3) is 4.59. The molecule has 5 nitrogen and oxygen atoms in total. The van der Waals surface area contributed by atoms with E-state index >= 15 is 0 Å². The molecule has 2 aromatic carbocycles. The maximum absolute atomic E-state index is 12.4. The van der Waals surface area contributed by atoms with Crippen LogP contribution in [0.2, 0.25) is 0 Å². The molecule has 2 heterocycles. The summed E-state index contributed by atoms with van der Waals surface area (Å²) in [6.45, 7) is 8.74. The first-order valence-corrected chi connectivity index (χ1v) is 11.2. The van der Waals surface area contributed by atoms with Gasteiger partial charge in [0.15, 0.2) is 0 Å². The monoisotopic (exact) mass is 430 g/mol. The number of carbonyl (C=O) groups excluding carboxylic acids is 1. The van der Waals surface area contributed by atoms with Gasteiger partial charge in [-0.3, -0.25) is 4.79 Å². The molecule has 0 saturated heterocycles. The van der Waals surface area contributed by atoms with E-state index in [2.05, 4.69) is 64.8 Å². The number of thiophene rings is 1. The number of fused-ring (bicyclic) bond motifs is 1. The van der Waals surface area contributed by atoms with Gasteiger partial charge in [0.25, 0.3) is 0 Å². The van der Waals surface area contributed by atoms with Crippen molar-refractivity contribution in [2.45, 2.75) is 34.1 Å². The number of amides is 1. The minimum atomic E-state index is -0.0231. The van der Waals surface area contributed by atoms with Crippen LogP contribution in [0.3, 0.4) is 0 Å². The number of nitrogens with one attached hydrogen (secondary N) is 2. The molecule has 0 spiro atoms. The second-order valence-corrected chi connectivity index (χ2v) is 9.05. The van der Waals surface area contributed by atoms with Crippen LogP contribution < -0.4 is 10.6 Å². The van der Waals surface area contributed by atoms with E-state index in [0.717, 1.165) is 38.4 Å². The van der Waals surface area contributed by atoms with Crippen LogP contribution in [0.25, 0.3) is 21.3 Å². The van der Waals surface area contributed by atoms with Gasteiger partial charge in [0.05, 0.1) is 5.39 Å². The fraction of sp³-hybridized carbons (Fsp3) is 0.240. The highest BCUT2D eigenvalue weighted by Gasteiger charge is 2.17. The molecule has 6 heteroatoms. The Kier molecular flexibility index (Phi) is 6.00. The Morgan fingerprint density at radius 3 is 2.45 bits per heavy atom. The summed E-state index contributed by atoms with van der Waals surface area (Å²) in [6.07, 6.45) is 1.93. The summed E-state index contributed by atoms with van der Waals surface area (Å²) in [4.78, 5) is 23.6. The zero-order valence-corrected chi connectivity index (χ0v) is 19.1. The number of aryl methyl sites for hydroxylation is 4. The molecule has 4 rings (SSSR count). The largest absolute Gasteiger partial charge is 0.369 e. The molecule has 0 unspecified atom stereocenters. The number of hydrogen-bond donors (Lipinski definition) is 2. The van der Waals surface area contributed by atoms with Crippen molar-refractivity contribution in [3.8, 4) is 11.1 Å². The Hall–Kier alpha value is -3.25. The van der Waals surface area contributed by atoms with Crippen LogP contribution in [-0.2, 0) is 4.79 Å². The van der Waals surface area contributed by atoms with Crippen molar-refractivity contribution >= 4 is 39.0 Å². The fourth-order valence-electron chi connectivity index (χ4n) is 3.71. The second kappa shape index (κ2) is 8.86. The van der Waals surface area contributed by atoms with Crippen LogP contribution >= 0.6 is 11.3 Å². The van der Waals surface area contributed by atoms with Crippen molar-refractivity contribution < 1.29 is 4.79 Å². The summed E-state index contributed by atoms with van der Waals surface area (Å²) in [6, 6.07) is 14.5. The average molecular weight is 431 g/mol. The van der Waals surface area contributed by atoms with E-state index in [-0.39, 0.29) is 5.91 Å². The molecular formula is C25H26N4OS. The number of benzene rings is 2. The van der Waals surface area contributed by atoms with Crippen LogP contribution in [-0.4, -0.2) is 22.4 Å². The number of aromatic nitrogens is 2. The third-order valence-corrected chi connectivity index (χ3v) is 6.32. The van der Waals surface area contributed by atoms with E-state index in [9.17, 15) is 4.79 Å². The second-order valence-electron chi connectivity index (χ2n) is 7.85. The Morgan fingerprint density at radius 1 is 0.968 bits per heavy atom. The summed E-state index contributed by atoms with van der Waals surface area (Å²) in [5, 5.41) is 7.37. The van der Waals surface area contributed by atoms with Gasteiger partial charge in [0.1, 0.15) is 17.0 Å². The normalized spacial score (nSPS) is 11.0. The molecule has 0 aliphatic rings. The molecule has 0 aliphatic carbocycles. The molecule has 0 aliphatic heterocycles. The molecule has 1 amide bonds. The maximum Gasteiger partial charge on any atom is 0.226 e. The summed E-state index contributed by atoms with van der Waals surface area (Å²) in [5.74, 6) is 0.745. The van der Waals surface area contributed by atoms with Crippen LogP contribution in [0.15, 0.2) is 48.8 Å². The van der Waals surface area contributed by atoms with Crippen LogP contribution in [0.5, 0.6) is 0 Å². The predicted octanol–water partition coefficient (Wildman–Crippen LogP) is 6.03. The van der Waals surface area contributed by atoms with E-state index in [1.54, 1.807) is 17.7 Å².